The van der Waals surface area contributed by atoms with Gasteiger partial charge in [0.2, 0.25) is 0 Å². The molecule has 1 aliphatic carbocycles. The molecule has 4 nitrogen and oxygen atoms in total. The molecule has 0 radical (unpaired) electrons. The topological polar surface area (TPSA) is 34.6 Å². The van der Waals surface area contributed by atoms with Crippen LogP contribution in [-0.2, 0) is 16.0 Å². The standard InChI is InChI=1S/C16H26N2O2S/c1-12(2)15-17-13(11-21-15)10-18(3)14-4-6-16(7-5-14)19-8-9-20-16/h11-12,14H,4-10H2,1-3H3. The van der Waals surface area contributed by atoms with E-state index in [0.717, 1.165) is 45.4 Å². The van der Waals surface area contributed by atoms with E-state index < -0.39 is 0 Å². The Morgan fingerprint density at radius 1 is 1.33 bits per heavy atom. The van der Waals surface area contributed by atoms with Gasteiger partial charge in [0.05, 0.1) is 23.9 Å². The fourth-order valence-corrected chi connectivity index (χ4v) is 4.14. The minimum absolute atomic E-state index is 0.247. The summed E-state index contributed by atoms with van der Waals surface area (Å²) < 4.78 is 11.6. The van der Waals surface area contributed by atoms with E-state index in [0.29, 0.717) is 12.0 Å². The third-order valence-corrected chi connectivity index (χ3v) is 5.82. The third kappa shape index (κ3) is 3.47. The molecular weight excluding hydrogens is 284 g/mol. The predicted octanol–water partition coefficient (Wildman–Crippen LogP) is 3.38. The molecule has 2 heterocycles. The first kappa shape index (κ1) is 15.4. The predicted molar refractivity (Wildman–Crippen MR) is 84.6 cm³/mol. The number of hydrogen-bond donors (Lipinski definition) is 0. The van der Waals surface area contributed by atoms with Crippen LogP contribution in [0.3, 0.4) is 0 Å². The maximum absolute atomic E-state index is 5.81. The van der Waals surface area contributed by atoms with E-state index in [1.54, 1.807) is 11.3 Å². The van der Waals surface area contributed by atoms with Gasteiger partial charge in [0.25, 0.3) is 0 Å². The van der Waals surface area contributed by atoms with Crippen molar-refractivity contribution < 1.29 is 9.47 Å². The molecule has 118 valence electrons. The quantitative estimate of drug-likeness (QED) is 0.854. The molecule has 0 atom stereocenters. The molecule has 1 saturated heterocycles. The van der Waals surface area contributed by atoms with E-state index in [1.165, 1.54) is 10.7 Å². The SMILES string of the molecule is CC(C)c1nc(CN(C)C2CCC3(CC2)OCCO3)cs1. The van der Waals surface area contributed by atoms with Gasteiger partial charge in [0.1, 0.15) is 0 Å². The van der Waals surface area contributed by atoms with E-state index in [1.807, 2.05) is 0 Å². The molecule has 21 heavy (non-hydrogen) atoms. The lowest BCUT2D eigenvalue weighted by Crippen LogP contribution is -2.42. The number of ether oxygens (including phenoxy) is 2. The Morgan fingerprint density at radius 2 is 2.00 bits per heavy atom. The van der Waals surface area contributed by atoms with Crippen LogP contribution in [0.4, 0.5) is 0 Å². The summed E-state index contributed by atoms with van der Waals surface area (Å²) in [5.74, 6) is 0.281. The zero-order chi connectivity index (χ0) is 14.9. The average molecular weight is 310 g/mol. The Hall–Kier alpha value is -0.490. The van der Waals surface area contributed by atoms with Crippen molar-refractivity contribution in [2.24, 2.45) is 0 Å². The maximum atomic E-state index is 5.81. The summed E-state index contributed by atoms with van der Waals surface area (Å²) in [7, 11) is 2.22. The van der Waals surface area contributed by atoms with Crippen molar-refractivity contribution >= 4 is 11.3 Å². The van der Waals surface area contributed by atoms with Crippen LogP contribution in [0.2, 0.25) is 0 Å². The van der Waals surface area contributed by atoms with Gasteiger partial charge in [-0.25, -0.2) is 4.98 Å². The van der Waals surface area contributed by atoms with Crippen molar-refractivity contribution in [1.29, 1.82) is 0 Å². The molecule has 0 bridgehead atoms. The zero-order valence-corrected chi connectivity index (χ0v) is 14.1. The molecule has 5 heteroatoms. The van der Waals surface area contributed by atoms with Crippen molar-refractivity contribution in [2.75, 3.05) is 20.3 Å². The molecule has 1 aromatic heterocycles. The highest BCUT2D eigenvalue weighted by Gasteiger charge is 2.41. The first-order chi connectivity index (χ1) is 10.1. The van der Waals surface area contributed by atoms with Gasteiger partial charge >= 0.3 is 0 Å². The highest BCUT2D eigenvalue weighted by Crippen LogP contribution is 2.37. The number of aromatic nitrogens is 1. The van der Waals surface area contributed by atoms with E-state index in [9.17, 15) is 0 Å². The van der Waals surface area contributed by atoms with Gasteiger partial charge in [-0.15, -0.1) is 11.3 Å². The van der Waals surface area contributed by atoms with Crippen LogP contribution >= 0.6 is 11.3 Å². The number of rotatable bonds is 4. The summed E-state index contributed by atoms with van der Waals surface area (Å²) in [4.78, 5) is 7.19. The van der Waals surface area contributed by atoms with E-state index in [2.05, 4.69) is 31.2 Å². The highest BCUT2D eigenvalue weighted by atomic mass is 32.1. The van der Waals surface area contributed by atoms with Gasteiger partial charge in [-0.2, -0.15) is 0 Å². The summed E-state index contributed by atoms with van der Waals surface area (Å²) >= 11 is 1.78. The first-order valence-electron chi connectivity index (χ1n) is 8.00. The monoisotopic (exact) mass is 310 g/mol. The normalized spacial score (nSPS) is 22.7. The molecular formula is C16H26N2O2S. The Balaban J connectivity index is 1.52. The van der Waals surface area contributed by atoms with Gasteiger partial charge < -0.3 is 9.47 Å². The molecule has 2 fully saturated rings. The van der Waals surface area contributed by atoms with E-state index in [-0.39, 0.29) is 5.79 Å². The number of nitrogens with zero attached hydrogens (tertiary/aromatic N) is 2. The van der Waals surface area contributed by atoms with Gasteiger partial charge in [-0.3, -0.25) is 4.90 Å². The summed E-state index contributed by atoms with van der Waals surface area (Å²) in [6.45, 7) is 6.88. The van der Waals surface area contributed by atoms with Gasteiger partial charge in [0.15, 0.2) is 5.79 Å². The van der Waals surface area contributed by atoms with Crippen LogP contribution in [-0.4, -0.2) is 42.0 Å². The second-order valence-corrected chi connectivity index (χ2v) is 7.48. The fraction of sp³-hybridized carbons (Fsp3) is 0.812. The van der Waals surface area contributed by atoms with Crippen LogP contribution in [0.15, 0.2) is 5.38 Å². The van der Waals surface area contributed by atoms with E-state index in [4.69, 9.17) is 14.5 Å². The van der Waals surface area contributed by atoms with E-state index >= 15 is 0 Å². The first-order valence-corrected chi connectivity index (χ1v) is 8.88. The molecule has 1 aliphatic heterocycles. The molecule has 2 aliphatic rings. The van der Waals surface area contributed by atoms with Gasteiger partial charge in [-0.1, -0.05) is 13.8 Å². The van der Waals surface area contributed by atoms with Crippen LogP contribution in [0, 0.1) is 0 Å². The second kappa shape index (κ2) is 6.32. The van der Waals surface area contributed by atoms with Gasteiger partial charge in [0, 0.05) is 36.7 Å². The van der Waals surface area contributed by atoms with Crippen LogP contribution in [0.5, 0.6) is 0 Å². The molecule has 0 unspecified atom stereocenters. The Bertz CT molecular complexity index is 459. The van der Waals surface area contributed by atoms with Crippen molar-refractivity contribution in [3.8, 4) is 0 Å². The highest BCUT2D eigenvalue weighted by molar-refractivity contribution is 7.09. The molecule has 1 saturated carbocycles. The molecule has 3 rings (SSSR count). The number of thiazole rings is 1. The maximum Gasteiger partial charge on any atom is 0.168 e. The minimum atomic E-state index is -0.247. The summed E-state index contributed by atoms with van der Waals surface area (Å²) in [5.41, 5.74) is 1.21. The van der Waals surface area contributed by atoms with Crippen molar-refractivity contribution in [3.05, 3.63) is 16.1 Å². The van der Waals surface area contributed by atoms with Crippen LogP contribution in [0.1, 0.15) is 56.2 Å². The third-order valence-electron chi connectivity index (χ3n) is 4.63. The van der Waals surface area contributed by atoms with Crippen LogP contribution < -0.4 is 0 Å². The Kier molecular flexibility index (Phi) is 4.64. The minimum Gasteiger partial charge on any atom is -0.348 e. The molecule has 1 spiro atoms. The lowest BCUT2D eigenvalue weighted by atomic mass is 9.89. The smallest absolute Gasteiger partial charge is 0.168 e. The zero-order valence-electron chi connectivity index (χ0n) is 13.3. The fourth-order valence-electron chi connectivity index (χ4n) is 3.31. The van der Waals surface area contributed by atoms with Crippen molar-refractivity contribution in [1.82, 2.24) is 9.88 Å². The average Bonchev–Trinajstić information content (AvgIpc) is 3.10. The molecule has 0 aromatic carbocycles. The largest absolute Gasteiger partial charge is 0.348 e. The Labute approximate surface area is 131 Å². The molecule has 1 aromatic rings. The lowest BCUT2D eigenvalue weighted by molar-refractivity contribution is -0.183. The summed E-state index contributed by atoms with van der Waals surface area (Å²) in [5, 5.41) is 3.45. The number of hydrogen-bond acceptors (Lipinski definition) is 5. The lowest BCUT2D eigenvalue weighted by Gasteiger charge is -2.38. The summed E-state index contributed by atoms with van der Waals surface area (Å²) in [6.07, 6.45) is 4.35. The molecule has 0 amide bonds. The Morgan fingerprint density at radius 3 is 2.57 bits per heavy atom. The van der Waals surface area contributed by atoms with Crippen LogP contribution in [0.25, 0.3) is 0 Å². The molecule has 0 N–H and O–H groups in total. The summed E-state index contributed by atoms with van der Waals surface area (Å²) in [6, 6.07) is 0.618. The van der Waals surface area contributed by atoms with Crippen molar-refractivity contribution in [2.45, 2.75) is 63.8 Å². The van der Waals surface area contributed by atoms with Gasteiger partial charge in [-0.05, 0) is 19.9 Å². The second-order valence-electron chi connectivity index (χ2n) is 6.59. The van der Waals surface area contributed by atoms with Crippen molar-refractivity contribution in [3.63, 3.8) is 0 Å².